The number of nitrogens with zero attached hydrogens (tertiary/aromatic N) is 2. The number of rotatable bonds is 5. The van der Waals surface area contributed by atoms with E-state index < -0.39 is 27.0 Å². The van der Waals surface area contributed by atoms with E-state index in [2.05, 4.69) is 19.4 Å². The van der Waals surface area contributed by atoms with Crippen LogP contribution < -0.4 is 14.2 Å². The number of nitrogens with one attached hydrogen (secondary N) is 1. The molecular weight excluding hydrogens is 339 g/mol. The molecule has 0 aliphatic carbocycles. The predicted molar refractivity (Wildman–Crippen MR) is 72.5 cm³/mol. The zero-order chi connectivity index (χ0) is 17.1. The molecule has 0 bridgehead atoms. The summed E-state index contributed by atoms with van der Waals surface area (Å²) in [5.74, 6) is -0.845. The summed E-state index contributed by atoms with van der Waals surface area (Å²) in [7, 11) is -3.01. The molecule has 1 N–H and O–H groups in total. The number of hydrogen-bond acceptors (Lipinski definition) is 6. The molecule has 0 saturated heterocycles. The van der Waals surface area contributed by atoms with Crippen LogP contribution >= 0.6 is 0 Å². The van der Waals surface area contributed by atoms with Crippen LogP contribution in [-0.4, -0.2) is 31.9 Å². The molecule has 0 unspecified atom stereocenters. The van der Waals surface area contributed by atoms with E-state index in [1.807, 2.05) is 0 Å². The molecular formula is C12H10F3N3O4S. The Morgan fingerprint density at radius 3 is 2.30 bits per heavy atom. The van der Waals surface area contributed by atoms with Crippen LogP contribution in [0.25, 0.3) is 0 Å². The fourth-order valence-electron chi connectivity index (χ4n) is 1.57. The third-order valence-corrected chi connectivity index (χ3v) is 3.85. The Balaban J connectivity index is 2.32. The summed E-state index contributed by atoms with van der Waals surface area (Å²) in [5, 5.41) is 0. The maximum absolute atomic E-state index is 12.3. The normalized spacial score (nSPS) is 11.8. The Morgan fingerprint density at radius 2 is 1.74 bits per heavy atom. The zero-order valence-corrected chi connectivity index (χ0v) is 12.4. The van der Waals surface area contributed by atoms with Crippen LogP contribution in [0.4, 0.5) is 18.9 Å². The molecule has 0 fully saturated rings. The van der Waals surface area contributed by atoms with E-state index in [0.29, 0.717) is 0 Å². The Bertz CT molecular complexity index is 779. The highest BCUT2D eigenvalue weighted by Gasteiger charge is 2.34. The van der Waals surface area contributed by atoms with Crippen LogP contribution in [0.5, 0.6) is 11.8 Å². The lowest BCUT2D eigenvalue weighted by molar-refractivity contribution is -0.275. The van der Waals surface area contributed by atoms with E-state index in [-0.39, 0.29) is 11.7 Å². The van der Waals surface area contributed by atoms with Crippen LogP contribution in [0.15, 0.2) is 41.6 Å². The molecule has 1 aromatic carbocycles. The number of hydrogen-bond donors (Lipinski definition) is 1. The first-order valence-corrected chi connectivity index (χ1v) is 7.43. The molecule has 11 heteroatoms. The van der Waals surface area contributed by atoms with Gasteiger partial charge in [-0.05, 0) is 12.1 Å². The second-order valence-electron chi connectivity index (χ2n) is 4.06. The molecule has 2 aromatic rings. The summed E-state index contributed by atoms with van der Waals surface area (Å²) in [6, 6.07) is 4.37. The maximum Gasteiger partial charge on any atom is 0.573 e. The van der Waals surface area contributed by atoms with E-state index in [0.717, 1.165) is 24.5 Å². The van der Waals surface area contributed by atoms with Gasteiger partial charge in [-0.25, -0.2) is 18.4 Å². The number of aromatic nitrogens is 2. The lowest BCUT2D eigenvalue weighted by Gasteiger charge is -2.14. The second kappa shape index (κ2) is 6.28. The number of methoxy groups -OCH3 is 1. The van der Waals surface area contributed by atoms with Crippen molar-refractivity contribution in [3.05, 3.63) is 36.7 Å². The third-order valence-electron chi connectivity index (χ3n) is 2.43. The molecule has 0 aliphatic heterocycles. The number of alkyl halides is 3. The number of halogens is 3. The minimum Gasteiger partial charge on any atom is -0.467 e. The second-order valence-corrected chi connectivity index (χ2v) is 5.71. The van der Waals surface area contributed by atoms with Crippen molar-refractivity contribution in [2.75, 3.05) is 11.8 Å². The van der Waals surface area contributed by atoms with Crippen LogP contribution in [0.3, 0.4) is 0 Å². The minimum atomic E-state index is -5.02. The van der Waals surface area contributed by atoms with Crippen molar-refractivity contribution in [3.8, 4) is 11.8 Å². The average molecular weight is 349 g/mol. The van der Waals surface area contributed by atoms with Gasteiger partial charge in [0.05, 0.1) is 25.2 Å². The molecule has 0 saturated carbocycles. The lowest BCUT2D eigenvalue weighted by atomic mass is 10.3. The van der Waals surface area contributed by atoms with Crippen LogP contribution in [0.2, 0.25) is 0 Å². The zero-order valence-electron chi connectivity index (χ0n) is 11.5. The van der Waals surface area contributed by atoms with Gasteiger partial charge in [0.15, 0.2) is 0 Å². The van der Waals surface area contributed by atoms with Crippen molar-refractivity contribution in [1.82, 2.24) is 9.97 Å². The molecule has 1 heterocycles. The molecule has 2 rings (SSSR count). The standard InChI is InChI=1S/C12H10F3N3O4S/c1-21-11-16-6-8(7-17-11)18-23(19,20)10-5-3-2-4-9(10)22-12(13,14)15/h2-7,18H,1H3. The number of benzene rings is 1. The van der Waals surface area contributed by atoms with Gasteiger partial charge in [0.25, 0.3) is 10.0 Å². The summed E-state index contributed by atoms with van der Waals surface area (Å²) < 4.78 is 72.0. The number of ether oxygens (including phenoxy) is 2. The smallest absolute Gasteiger partial charge is 0.467 e. The van der Waals surface area contributed by atoms with E-state index in [4.69, 9.17) is 4.74 Å². The first-order valence-electron chi connectivity index (χ1n) is 5.95. The molecule has 23 heavy (non-hydrogen) atoms. The minimum absolute atomic E-state index is 0.00810. The first kappa shape index (κ1) is 16.8. The van der Waals surface area contributed by atoms with Gasteiger partial charge in [-0.2, -0.15) is 0 Å². The SMILES string of the molecule is COc1ncc(NS(=O)(=O)c2ccccc2OC(F)(F)F)cn1. The predicted octanol–water partition coefficient (Wildman–Crippen LogP) is 2.18. The highest BCUT2D eigenvalue weighted by Crippen LogP contribution is 2.30. The van der Waals surface area contributed by atoms with Crippen molar-refractivity contribution in [1.29, 1.82) is 0 Å². The molecule has 0 aliphatic rings. The van der Waals surface area contributed by atoms with Crippen molar-refractivity contribution in [2.24, 2.45) is 0 Å². The third kappa shape index (κ3) is 4.45. The summed E-state index contributed by atoms with van der Waals surface area (Å²) in [6.45, 7) is 0. The number of sulfonamides is 1. The topological polar surface area (TPSA) is 90.4 Å². The molecule has 0 atom stereocenters. The van der Waals surface area contributed by atoms with Crippen molar-refractivity contribution >= 4 is 15.7 Å². The van der Waals surface area contributed by atoms with Crippen LogP contribution in [-0.2, 0) is 10.0 Å². The van der Waals surface area contributed by atoms with Crippen molar-refractivity contribution in [3.63, 3.8) is 0 Å². The lowest BCUT2D eigenvalue weighted by Crippen LogP contribution is -2.21. The quantitative estimate of drug-likeness (QED) is 0.890. The van der Waals surface area contributed by atoms with Crippen LogP contribution in [0.1, 0.15) is 0 Å². The van der Waals surface area contributed by atoms with Gasteiger partial charge >= 0.3 is 12.4 Å². The maximum atomic E-state index is 12.3. The largest absolute Gasteiger partial charge is 0.573 e. The summed E-state index contributed by atoms with van der Waals surface area (Å²) in [6.07, 6.45) is -2.80. The van der Waals surface area contributed by atoms with E-state index in [1.54, 1.807) is 0 Å². The highest BCUT2D eigenvalue weighted by atomic mass is 32.2. The Labute approximate surface area is 129 Å². The molecule has 0 amide bonds. The Morgan fingerprint density at radius 1 is 1.13 bits per heavy atom. The van der Waals surface area contributed by atoms with E-state index in [9.17, 15) is 21.6 Å². The molecule has 124 valence electrons. The van der Waals surface area contributed by atoms with Gasteiger partial charge in [-0.3, -0.25) is 4.72 Å². The molecule has 0 radical (unpaired) electrons. The Hall–Kier alpha value is -2.56. The van der Waals surface area contributed by atoms with E-state index >= 15 is 0 Å². The van der Waals surface area contributed by atoms with Gasteiger partial charge in [0, 0.05) is 0 Å². The van der Waals surface area contributed by atoms with Gasteiger partial charge in [0.1, 0.15) is 10.6 Å². The van der Waals surface area contributed by atoms with Crippen molar-refractivity contribution < 1.29 is 31.1 Å². The van der Waals surface area contributed by atoms with Crippen LogP contribution in [0, 0.1) is 0 Å². The fraction of sp³-hybridized carbons (Fsp3) is 0.167. The van der Waals surface area contributed by atoms with Crippen molar-refractivity contribution in [2.45, 2.75) is 11.3 Å². The summed E-state index contributed by atoms with van der Waals surface area (Å²) in [4.78, 5) is 6.70. The average Bonchev–Trinajstić information content (AvgIpc) is 2.46. The Kier molecular flexibility index (Phi) is 4.59. The first-order chi connectivity index (χ1) is 10.7. The van der Waals surface area contributed by atoms with Gasteiger partial charge in [-0.15, -0.1) is 13.2 Å². The monoisotopic (exact) mass is 349 g/mol. The molecule has 7 nitrogen and oxygen atoms in total. The highest BCUT2D eigenvalue weighted by molar-refractivity contribution is 7.92. The van der Waals surface area contributed by atoms with Gasteiger partial charge < -0.3 is 9.47 Å². The number of para-hydroxylation sites is 1. The number of anilines is 1. The van der Waals surface area contributed by atoms with Gasteiger partial charge in [-0.1, -0.05) is 12.1 Å². The fourth-order valence-corrected chi connectivity index (χ4v) is 2.72. The van der Waals surface area contributed by atoms with E-state index in [1.165, 1.54) is 19.2 Å². The van der Waals surface area contributed by atoms with Gasteiger partial charge in [0.2, 0.25) is 0 Å². The summed E-state index contributed by atoms with van der Waals surface area (Å²) >= 11 is 0. The molecule has 1 aromatic heterocycles. The molecule has 0 spiro atoms. The summed E-state index contributed by atoms with van der Waals surface area (Å²) in [5.41, 5.74) is -0.0485.